The molecule has 0 amide bonds. The first-order valence-electron chi connectivity index (χ1n) is 4.70. The molecule has 4 nitrogen and oxygen atoms in total. The first-order chi connectivity index (χ1) is 7.63. The molecule has 0 spiro atoms. The molecule has 0 fully saturated rings. The summed E-state index contributed by atoms with van der Waals surface area (Å²) in [4.78, 5) is 25.9. The Bertz CT molecular complexity index is 677. The lowest BCUT2D eigenvalue weighted by Gasteiger charge is -2.00. The molecule has 0 aliphatic rings. The van der Waals surface area contributed by atoms with Gasteiger partial charge in [-0.25, -0.2) is 0 Å². The number of benzene rings is 1. The zero-order valence-electron chi connectivity index (χ0n) is 8.57. The Morgan fingerprint density at radius 2 is 2.19 bits per heavy atom. The van der Waals surface area contributed by atoms with Gasteiger partial charge in [-0.3, -0.25) is 9.59 Å². The fourth-order valence-corrected chi connectivity index (χ4v) is 1.55. The summed E-state index contributed by atoms with van der Waals surface area (Å²) in [6.45, 7) is 1.34. The maximum Gasteiger partial charge on any atom is 0.200 e. The molecule has 1 aromatic heterocycles. The first-order valence-corrected chi connectivity index (χ1v) is 4.70. The number of hydrogen-bond donors (Lipinski definition) is 1. The van der Waals surface area contributed by atoms with Crippen molar-refractivity contribution < 1.29 is 4.79 Å². The van der Waals surface area contributed by atoms with Crippen LogP contribution in [0.25, 0.3) is 10.9 Å². The Balaban J connectivity index is 2.88. The van der Waals surface area contributed by atoms with Crippen LogP contribution in [0.1, 0.15) is 22.8 Å². The van der Waals surface area contributed by atoms with Crippen LogP contribution < -0.4 is 5.43 Å². The summed E-state index contributed by atoms with van der Waals surface area (Å²) >= 11 is 0. The molecule has 0 saturated heterocycles. The molecule has 1 heterocycles. The van der Waals surface area contributed by atoms with Gasteiger partial charge >= 0.3 is 0 Å². The topological polar surface area (TPSA) is 73.7 Å². The van der Waals surface area contributed by atoms with Crippen molar-refractivity contribution in [2.45, 2.75) is 6.92 Å². The lowest BCUT2D eigenvalue weighted by Crippen LogP contribution is -2.13. The molecule has 4 heteroatoms. The molecule has 2 rings (SSSR count). The lowest BCUT2D eigenvalue weighted by molar-refractivity contribution is 0.101. The highest BCUT2D eigenvalue weighted by molar-refractivity contribution is 5.97. The highest BCUT2D eigenvalue weighted by Gasteiger charge is 2.08. The monoisotopic (exact) mass is 212 g/mol. The Morgan fingerprint density at radius 3 is 2.81 bits per heavy atom. The summed E-state index contributed by atoms with van der Waals surface area (Å²) < 4.78 is 0. The van der Waals surface area contributed by atoms with Crippen LogP contribution in [-0.4, -0.2) is 10.8 Å². The molecule has 1 aromatic carbocycles. The summed E-state index contributed by atoms with van der Waals surface area (Å²) in [6, 6.07) is 6.71. The standard InChI is InChI=1S/C12H8N2O2/c1-7(15)10-6-14-11-3-2-8(5-13)4-9(11)12(10)16/h2-4,6H,1H3,(H,14,16). The molecule has 0 aliphatic carbocycles. The van der Waals surface area contributed by atoms with E-state index in [0.717, 1.165) is 0 Å². The van der Waals surface area contributed by atoms with Crippen LogP contribution in [0.15, 0.2) is 29.2 Å². The van der Waals surface area contributed by atoms with Gasteiger partial charge in [-0.05, 0) is 25.1 Å². The van der Waals surface area contributed by atoms with Gasteiger partial charge in [0.25, 0.3) is 0 Å². The van der Waals surface area contributed by atoms with E-state index in [9.17, 15) is 9.59 Å². The van der Waals surface area contributed by atoms with Crippen LogP contribution in [0.3, 0.4) is 0 Å². The Kier molecular flexibility index (Phi) is 2.29. The van der Waals surface area contributed by atoms with E-state index in [1.54, 1.807) is 12.1 Å². The molecule has 16 heavy (non-hydrogen) atoms. The van der Waals surface area contributed by atoms with E-state index in [1.165, 1.54) is 19.2 Å². The third kappa shape index (κ3) is 1.48. The minimum Gasteiger partial charge on any atom is -0.360 e. The fourth-order valence-electron chi connectivity index (χ4n) is 1.55. The average molecular weight is 212 g/mol. The average Bonchev–Trinajstić information content (AvgIpc) is 2.28. The molecule has 0 radical (unpaired) electrons. The highest BCUT2D eigenvalue weighted by atomic mass is 16.1. The van der Waals surface area contributed by atoms with Crippen molar-refractivity contribution in [3.8, 4) is 6.07 Å². The molecule has 0 bridgehead atoms. The maximum absolute atomic E-state index is 11.9. The third-order valence-corrected chi connectivity index (χ3v) is 2.39. The van der Waals surface area contributed by atoms with E-state index in [0.29, 0.717) is 16.5 Å². The van der Waals surface area contributed by atoms with Crippen LogP contribution in [0.5, 0.6) is 0 Å². The number of pyridine rings is 1. The van der Waals surface area contributed by atoms with Gasteiger partial charge in [0.1, 0.15) is 0 Å². The number of aromatic nitrogens is 1. The van der Waals surface area contributed by atoms with Crippen LogP contribution in [0.4, 0.5) is 0 Å². The maximum atomic E-state index is 11.9. The van der Waals surface area contributed by atoms with Gasteiger partial charge in [-0.1, -0.05) is 0 Å². The Hall–Kier alpha value is -2.41. The van der Waals surface area contributed by atoms with Gasteiger partial charge in [-0.2, -0.15) is 5.26 Å². The third-order valence-electron chi connectivity index (χ3n) is 2.39. The Morgan fingerprint density at radius 1 is 1.44 bits per heavy atom. The van der Waals surface area contributed by atoms with Crippen LogP contribution in [0.2, 0.25) is 0 Å². The molecule has 0 aliphatic heterocycles. The zero-order chi connectivity index (χ0) is 11.7. The minimum absolute atomic E-state index is 0.114. The number of carbonyl (C=O) groups is 1. The number of ketones is 1. The summed E-state index contributed by atoms with van der Waals surface area (Å²) in [5, 5.41) is 9.10. The number of Topliss-reactive ketones (excluding diaryl/α,β-unsaturated/α-hetero) is 1. The molecule has 78 valence electrons. The number of aromatic amines is 1. The molecule has 1 N–H and O–H groups in total. The molecule has 0 atom stereocenters. The second-order valence-electron chi connectivity index (χ2n) is 3.46. The van der Waals surface area contributed by atoms with Crippen molar-refractivity contribution in [3.63, 3.8) is 0 Å². The van der Waals surface area contributed by atoms with Crippen LogP contribution in [0, 0.1) is 11.3 Å². The molecular weight excluding hydrogens is 204 g/mol. The second kappa shape index (κ2) is 3.63. The van der Waals surface area contributed by atoms with Gasteiger partial charge in [-0.15, -0.1) is 0 Å². The number of nitrogens with zero attached hydrogens (tertiary/aromatic N) is 1. The van der Waals surface area contributed by atoms with Crippen molar-refractivity contribution in [1.82, 2.24) is 4.98 Å². The molecule has 2 aromatic rings. The predicted molar refractivity (Wildman–Crippen MR) is 59.3 cm³/mol. The number of fused-ring (bicyclic) bond motifs is 1. The number of rotatable bonds is 1. The number of carbonyl (C=O) groups excluding carboxylic acids is 1. The molecule has 0 unspecified atom stereocenters. The smallest absolute Gasteiger partial charge is 0.200 e. The number of nitrogens with one attached hydrogen (secondary N) is 1. The number of nitriles is 1. The Labute approximate surface area is 91.1 Å². The van der Waals surface area contributed by atoms with Crippen molar-refractivity contribution in [3.05, 3.63) is 45.7 Å². The highest BCUT2D eigenvalue weighted by Crippen LogP contribution is 2.10. The van der Waals surface area contributed by atoms with E-state index in [2.05, 4.69) is 4.98 Å². The van der Waals surface area contributed by atoms with Crippen molar-refractivity contribution >= 4 is 16.7 Å². The summed E-state index contributed by atoms with van der Waals surface area (Å²) in [5.41, 5.74) is 0.800. The van der Waals surface area contributed by atoms with Gasteiger partial charge in [0.05, 0.1) is 17.2 Å². The zero-order valence-corrected chi connectivity index (χ0v) is 8.57. The number of hydrogen-bond acceptors (Lipinski definition) is 3. The van der Waals surface area contributed by atoms with E-state index in [-0.39, 0.29) is 16.8 Å². The SMILES string of the molecule is CC(=O)c1c[nH]c2ccc(C#N)cc2c1=O. The largest absolute Gasteiger partial charge is 0.360 e. The number of H-pyrrole nitrogens is 1. The fraction of sp³-hybridized carbons (Fsp3) is 0.0833. The second-order valence-corrected chi connectivity index (χ2v) is 3.46. The molecular formula is C12H8N2O2. The quantitative estimate of drug-likeness (QED) is 0.729. The predicted octanol–water partition coefficient (Wildman–Crippen LogP) is 1.60. The van der Waals surface area contributed by atoms with Crippen LogP contribution in [-0.2, 0) is 0 Å². The van der Waals surface area contributed by atoms with E-state index in [1.807, 2.05) is 6.07 Å². The summed E-state index contributed by atoms with van der Waals surface area (Å²) in [7, 11) is 0. The van der Waals surface area contributed by atoms with Crippen molar-refractivity contribution in [2.75, 3.05) is 0 Å². The summed E-state index contributed by atoms with van der Waals surface area (Å²) in [6.07, 6.45) is 1.40. The van der Waals surface area contributed by atoms with Crippen molar-refractivity contribution in [1.29, 1.82) is 5.26 Å². The summed E-state index contributed by atoms with van der Waals surface area (Å²) in [5.74, 6) is -0.287. The van der Waals surface area contributed by atoms with E-state index < -0.39 is 0 Å². The lowest BCUT2D eigenvalue weighted by atomic mass is 10.1. The van der Waals surface area contributed by atoms with Crippen LogP contribution >= 0.6 is 0 Å². The van der Waals surface area contributed by atoms with E-state index in [4.69, 9.17) is 5.26 Å². The normalized spacial score (nSPS) is 10.0. The molecule has 0 saturated carbocycles. The van der Waals surface area contributed by atoms with Gasteiger partial charge in [0.15, 0.2) is 11.2 Å². The van der Waals surface area contributed by atoms with Gasteiger partial charge in [0.2, 0.25) is 0 Å². The van der Waals surface area contributed by atoms with Gasteiger partial charge < -0.3 is 4.98 Å². The first kappa shape index (κ1) is 10.1. The minimum atomic E-state index is -0.335. The van der Waals surface area contributed by atoms with Crippen molar-refractivity contribution in [2.24, 2.45) is 0 Å². The van der Waals surface area contributed by atoms with Gasteiger partial charge in [0, 0.05) is 17.1 Å². The van der Waals surface area contributed by atoms with E-state index >= 15 is 0 Å².